The van der Waals surface area contributed by atoms with E-state index in [2.05, 4.69) is 5.32 Å². The highest BCUT2D eigenvalue weighted by atomic mass is 16.2. The molecule has 1 heterocycles. The fraction of sp³-hybridized carbons (Fsp3) is 0.529. The summed E-state index contributed by atoms with van der Waals surface area (Å²) in [5, 5.41) is 2.98. The van der Waals surface area contributed by atoms with Crippen molar-refractivity contribution in [3.8, 4) is 0 Å². The van der Waals surface area contributed by atoms with Gasteiger partial charge in [-0.3, -0.25) is 9.59 Å². The van der Waals surface area contributed by atoms with Crippen molar-refractivity contribution in [2.75, 3.05) is 0 Å². The molecule has 4 nitrogen and oxygen atoms in total. The molecule has 0 spiro atoms. The molecule has 1 aromatic rings. The molecule has 2 amide bonds. The van der Waals surface area contributed by atoms with Crippen LogP contribution in [0.1, 0.15) is 52.1 Å². The van der Waals surface area contributed by atoms with Crippen LogP contribution in [0.25, 0.3) is 0 Å². The van der Waals surface area contributed by atoms with Crippen LogP contribution in [0.15, 0.2) is 30.3 Å². The lowest BCUT2D eigenvalue weighted by Crippen LogP contribution is -2.68. The Hall–Kier alpha value is -1.84. The Morgan fingerprint density at radius 1 is 1.14 bits per heavy atom. The Morgan fingerprint density at radius 3 is 2.19 bits per heavy atom. The molecule has 0 radical (unpaired) electrons. The molecule has 1 unspecified atom stereocenters. The molecule has 114 valence electrons. The minimum absolute atomic E-state index is 0.0220. The number of carbonyl (C=O) groups excluding carboxylic acids is 2. The second-order valence-electron chi connectivity index (χ2n) is 5.90. The average molecular weight is 288 g/mol. The molecule has 0 saturated carbocycles. The summed E-state index contributed by atoms with van der Waals surface area (Å²) in [6.07, 6.45) is 1.22. The van der Waals surface area contributed by atoms with Crippen molar-refractivity contribution in [3.05, 3.63) is 35.9 Å². The Bertz CT molecular complexity index is 521. The van der Waals surface area contributed by atoms with Gasteiger partial charge in [-0.2, -0.15) is 0 Å². The van der Waals surface area contributed by atoms with Crippen molar-refractivity contribution in [2.24, 2.45) is 0 Å². The van der Waals surface area contributed by atoms with Crippen molar-refractivity contribution in [1.82, 2.24) is 10.2 Å². The van der Waals surface area contributed by atoms with Gasteiger partial charge in [0.25, 0.3) is 0 Å². The molecular weight excluding hydrogens is 264 g/mol. The van der Waals surface area contributed by atoms with E-state index < -0.39 is 11.6 Å². The van der Waals surface area contributed by atoms with Crippen LogP contribution in [0, 0.1) is 0 Å². The molecule has 2 rings (SSSR count). The fourth-order valence-corrected chi connectivity index (χ4v) is 3.06. The van der Waals surface area contributed by atoms with Crippen molar-refractivity contribution in [2.45, 2.75) is 58.2 Å². The third-order valence-electron chi connectivity index (χ3n) is 4.41. The van der Waals surface area contributed by atoms with E-state index in [0.717, 1.165) is 5.56 Å². The van der Waals surface area contributed by atoms with Gasteiger partial charge in [0, 0.05) is 6.04 Å². The van der Waals surface area contributed by atoms with Gasteiger partial charge < -0.3 is 10.2 Å². The molecular formula is C17H24N2O2. The van der Waals surface area contributed by atoms with Gasteiger partial charge in [-0.1, -0.05) is 44.2 Å². The largest absolute Gasteiger partial charge is 0.340 e. The first kappa shape index (κ1) is 15.5. The summed E-state index contributed by atoms with van der Waals surface area (Å²) in [4.78, 5) is 27.4. The average Bonchev–Trinajstić information content (AvgIpc) is 2.49. The van der Waals surface area contributed by atoms with E-state index in [0.29, 0.717) is 12.8 Å². The van der Waals surface area contributed by atoms with E-state index in [1.165, 1.54) is 0 Å². The summed E-state index contributed by atoms with van der Waals surface area (Å²) in [7, 11) is 0. The Kier molecular flexibility index (Phi) is 4.35. The second-order valence-corrected chi connectivity index (χ2v) is 5.90. The van der Waals surface area contributed by atoms with Gasteiger partial charge in [0.1, 0.15) is 11.6 Å². The predicted octanol–water partition coefficient (Wildman–Crippen LogP) is 2.65. The van der Waals surface area contributed by atoms with E-state index in [1.807, 2.05) is 58.0 Å². The zero-order valence-electron chi connectivity index (χ0n) is 13.2. The lowest BCUT2D eigenvalue weighted by Gasteiger charge is -2.47. The maximum Gasteiger partial charge on any atom is 0.249 e. The van der Waals surface area contributed by atoms with Gasteiger partial charge in [-0.25, -0.2) is 0 Å². The number of hydrogen-bond donors (Lipinski definition) is 1. The van der Waals surface area contributed by atoms with Gasteiger partial charge in [-0.15, -0.1) is 0 Å². The maximum absolute atomic E-state index is 13.0. The number of hydrogen-bond acceptors (Lipinski definition) is 2. The molecule has 0 bridgehead atoms. The van der Waals surface area contributed by atoms with Crippen LogP contribution in [0.5, 0.6) is 0 Å². The summed E-state index contributed by atoms with van der Waals surface area (Å²) in [6, 6.07) is 8.94. The zero-order valence-corrected chi connectivity index (χ0v) is 13.2. The Balaban J connectivity index is 2.48. The monoisotopic (exact) mass is 288 g/mol. The second kappa shape index (κ2) is 5.88. The fourth-order valence-electron chi connectivity index (χ4n) is 3.06. The van der Waals surface area contributed by atoms with Gasteiger partial charge in [0.05, 0.1) is 0 Å². The molecule has 1 atom stereocenters. The number of nitrogens with zero attached hydrogens (tertiary/aromatic N) is 1. The van der Waals surface area contributed by atoms with Crippen LogP contribution in [-0.2, 0) is 9.59 Å². The number of amides is 2. The third-order valence-corrected chi connectivity index (χ3v) is 4.41. The summed E-state index contributed by atoms with van der Waals surface area (Å²) >= 11 is 0. The van der Waals surface area contributed by atoms with Crippen molar-refractivity contribution < 1.29 is 9.59 Å². The Labute approximate surface area is 126 Å². The van der Waals surface area contributed by atoms with E-state index in [1.54, 1.807) is 4.90 Å². The van der Waals surface area contributed by atoms with Crippen molar-refractivity contribution >= 4 is 11.8 Å². The zero-order chi connectivity index (χ0) is 15.6. The minimum Gasteiger partial charge on any atom is -0.340 e. The number of piperazine rings is 1. The number of benzene rings is 1. The molecule has 0 aliphatic carbocycles. The summed E-state index contributed by atoms with van der Waals surface area (Å²) in [5.41, 5.74) is 0.102. The van der Waals surface area contributed by atoms with Gasteiger partial charge in [-0.05, 0) is 32.3 Å². The van der Waals surface area contributed by atoms with Gasteiger partial charge in [0.15, 0.2) is 0 Å². The molecule has 0 aromatic heterocycles. The normalized spacial score (nSPS) is 21.6. The molecule has 21 heavy (non-hydrogen) atoms. The van der Waals surface area contributed by atoms with E-state index in [9.17, 15) is 9.59 Å². The van der Waals surface area contributed by atoms with Gasteiger partial charge >= 0.3 is 0 Å². The number of carbonyl (C=O) groups is 2. The smallest absolute Gasteiger partial charge is 0.249 e. The summed E-state index contributed by atoms with van der Waals surface area (Å²) in [5.74, 6) is -0.0610. The third kappa shape index (κ3) is 2.55. The van der Waals surface area contributed by atoms with Crippen LogP contribution in [-0.4, -0.2) is 28.3 Å². The molecule has 1 aliphatic rings. The highest BCUT2D eigenvalue weighted by Gasteiger charge is 2.49. The molecule has 1 aromatic carbocycles. The number of nitrogens with one attached hydrogen (secondary N) is 1. The minimum atomic E-state index is -0.757. The van der Waals surface area contributed by atoms with Crippen molar-refractivity contribution in [1.29, 1.82) is 0 Å². The lowest BCUT2D eigenvalue weighted by atomic mass is 9.85. The maximum atomic E-state index is 13.0. The first-order valence-electron chi connectivity index (χ1n) is 7.66. The molecule has 1 N–H and O–H groups in total. The quantitative estimate of drug-likeness (QED) is 0.926. The Morgan fingerprint density at radius 2 is 1.71 bits per heavy atom. The van der Waals surface area contributed by atoms with Crippen LogP contribution >= 0.6 is 0 Å². The predicted molar refractivity (Wildman–Crippen MR) is 82.6 cm³/mol. The van der Waals surface area contributed by atoms with Gasteiger partial charge in [0.2, 0.25) is 11.8 Å². The highest BCUT2D eigenvalue weighted by molar-refractivity contribution is 6.00. The van der Waals surface area contributed by atoms with E-state index in [-0.39, 0.29) is 17.9 Å². The van der Waals surface area contributed by atoms with E-state index >= 15 is 0 Å². The molecule has 1 aliphatic heterocycles. The lowest BCUT2D eigenvalue weighted by molar-refractivity contribution is -0.158. The molecule has 4 heteroatoms. The number of rotatable bonds is 4. The molecule has 1 fully saturated rings. The summed E-state index contributed by atoms with van der Waals surface area (Å²) in [6.45, 7) is 7.82. The molecule has 1 saturated heterocycles. The highest BCUT2D eigenvalue weighted by Crippen LogP contribution is 2.33. The van der Waals surface area contributed by atoms with E-state index in [4.69, 9.17) is 0 Å². The van der Waals surface area contributed by atoms with Crippen LogP contribution in [0.4, 0.5) is 0 Å². The van der Waals surface area contributed by atoms with Crippen LogP contribution < -0.4 is 5.32 Å². The van der Waals surface area contributed by atoms with Crippen LogP contribution in [0.3, 0.4) is 0 Å². The first-order chi connectivity index (χ1) is 9.96. The van der Waals surface area contributed by atoms with Crippen LogP contribution in [0.2, 0.25) is 0 Å². The topological polar surface area (TPSA) is 49.4 Å². The first-order valence-corrected chi connectivity index (χ1v) is 7.66. The summed E-state index contributed by atoms with van der Waals surface area (Å²) < 4.78 is 0. The van der Waals surface area contributed by atoms with Crippen molar-refractivity contribution in [3.63, 3.8) is 0 Å². The standard InChI is InChI=1S/C17H24N2O2/c1-5-17(6-2)16(21)19(12(3)4)14(15(20)18-17)13-10-8-7-9-11-13/h7-12,14H,5-6H2,1-4H3,(H,18,20). The SMILES string of the molecule is CCC1(CC)NC(=O)C(c2ccccc2)N(C(C)C)C1=O.